The number of morpholine rings is 1. The Kier molecular flexibility index (Phi) is 7.36. The van der Waals surface area contributed by atoms with Crippen molar-refractivity contribution in [2.75, 3.05) is 32.1 Å². The molecule has 2 N–H and O–H groups in total. The SMILES string of the molecule is O=C(CSCc1cccs1)NCc1ccccc1C[NH+]1CCOCC1. The van der Waals surface area contributed by atoms with E-state index in [9.17, 15) is 4.79 Å². The van der Waals surface area contributed by atoms with Crippen molar-refractivity contribution >= 4 is 29.0 Å². The summed E-state index contributed by atoms with van der Waals surface area (Å²) in [6.07, 6.45) is 0. The van der Waals surface area contributed by atoms with Gasteiger partial charge in [-0.15, -0.1) is 23.1 Å². The lowest BCUT2D eigenvalue weighted by molar-refractivity contribution is -0.921. The lowest BCUT2D eigenvalue weighted by atomic mass is 10.1. The summed E-state index contributed by atoms with van der Waals surface area (Å²) in [6.45, 7) is 5.41. The second-order valence-electron chi connectivity index (χ2n) is 6.16. The average Bonchev–Trinajstić information content (AvgIpc) is 3.15. The number of thioether (sulfide) groups is 1. The van der Waals surface area contributed by atoms with Gasteiger partial charge in [0.25, 0.3) is 0 Å². The van der Waals surface area contributed by atoms with Gasteiger partial charge >= 0.3 is 0 Å². The smallest absolute Gasteiger partial charge is 0.230 e. The first kappa shape index (κ1) is 18.5. The summed E-state index contributed by atoms with van der Waals surface area (Å²) in [5.74, 6) is 1.52. The number of amides is 1. The Morgan fingerprint density at radius 3 is 2.72 bits per heavy atom. The topological polar surface area (TPSA) is 42.8 Å². The maximum absolute atomic E-state index is 12.1. The summed E-state index contributed by atoms with van der Waals surface area (Å²) in [7, 11) is 0. The third-order valence-corrected chi connectivity index (χ3v) is 6.33. The van der Waals surface area contributed by atoms with Crippen LogP contribution in [0.2, 0.25) is 0 Å². The van der Waals surface area contributed by atoms with E-state index >= 15 is 0 Å². The maximum atomic E-state index is 12.1. The molecule has 1 aliphatic heterocycles. The molecule has 0 radical (unpaired) electrons. The van der Waals surface area contributed by atoms with Gasteiger partial charge in [0.2, 0.25) is 5.91 Å². The first-order valence-corrected chi connectivity index (χ1v) is 10.7. The van der Waals surface area contributed by atoms with Gasteiger partial charge in [-0.25, -0.2) is 0 Å². The van der Waals surface area contributed by atoms with Crippen molar-refractivity contribution in [2.45, 2.75) is 18.8 Å². The highest BCUT2D eigenvalue weighted by molar-refractivity contribution is 7.99. The molecule has 0 atom stereocenters. The van der Waals surface area contributed by atoms with Crippen molar-refractivity contribution in [2.24, 2.45) is 0 Å². The van der Waals surface area contributed by atoms with E-state index in [4.69, 9.17) is 4.74 Å². The third-order valence-electron chi connectivity index (χ3n) is 4.29. The molecule has 0 bridgehead atoms. The van der Waals surface area contributed by atoms with Gasteiger partial charge in [0.15, 0.2) is 0 Å². The van der Waals surface area contributed by atoms with Crippen LogP contribution in [0.3, 0.4) is 0 Å². The van der Waals surface area contributed by atoms with E-state index in [-0.39, 0.29) is 5.91 Å². The Hall–Kier alpha value is -1.34. The monoisotopic (exact) mass is 377 g/mol. The summed E-state index contributed by atoms with van der Waals surface area (Å²) < 4.78 is 5.43. The first-order chi connectivity index (χ1) is 12.3. The van der Waals surface area contributed by atoms with Gasteiger partial charge in [0, 0.05) is 22.7 Å². The van der Waals surface area contributed by atoms with Gasteiger partial charge in [0.05, 0.1) is 19.0 Å². The summed E-state index contributed by atoms with van der Waals surface area (Å²) in [4.78, 5) is 15.0. The van der Waals surface area contributed by atoms with E-state index in [1.54, 1.807) is 28.0 Å². The second-order valence-corrected chi connectivity index (χ2v) is 8.17. The molecule has 3 rings (SSSR count). The fourth-order valence-electron chi connectivity index (χ4n) is 2.89. The third kappa shape index (κ3) is 6.15. The number of hydrogen-bond donors (Lipinski definition) is 2. The standard InChI is InChI=1S/C19H24N2O2S2/c22-19(15-24-14-18-6-3-11-25-18)20-12-16-4-1-2-5-17(16)13-21-7-9-23-10-8-21/h1-6,11H,7-10,12-15H2,(H,20,22)/p+1. The molecule has 0 aliphatic carbocycles. The number of ether oxygens (including phenoxy) is 1. The van der Waals surface area contributed by atoms with Gasteiger partial charge in [-0.2, -0.15) is 0 Å². The quantitative estimate of drug-likeness (QED) is 0.736. The van der Waals surface area contributed by atoms with E-state index in [1.165, 1.54) is 16.0 Å². The summed E-state index contributed by atoms with van der Waals surface area (Å²) >= 11 is 3.41. The zero-order chi connectivity index (χ0) is 17.3. The Morgan fingerprint density at radius 1 is 1.16 bits per heavy atom. The molecule has 1 fully saturated rings. The Bertz CT molecular complexity index is 655. The minimum absolute atomic E-state index is 0.107. The van der Waals surface area contributed by atoms with Crippen LogP contribution in [-0.2, 0) is 28.4 Å². The lowest BCUT2D eigenvalue weighted by Crippen LogP contribution is -3.12. The van der Waals surface area contributed by atoms with Crippen LogP contribution in [0.15, 0.2) is 41.8 Å². The van der Waals surface area contributed by atoms with Crippen molar-refractivity contribution < 1.29 is 14.4 Å². The molecule has 1 aliphatic rings. The van der Waals surface area contributed by atoms with E-state index in [0.717, 1.165) is 38.6 Å². The molecular weight excluding hydrogens is 352 g/mol. The molecule has 1 amide bonds. The first-order valence-electron chi connectivity index (χ1n) is 8.66. The average molecular weight is 378 g/mol. The van der Waals surface area contributed by atoms with Crippen molar-refractivity contribution in [1.82, 2.24) is 5.32 Å². The minimum Gasteiger partial charge on any atom is -0.370 e. The number of nitrogens with one attached hydrogen (secondary N) is 2. The Morgan fingerprint density at radius 2 is 1.96 bits per heavy atom. The van der Waals surface area contributed by atoms with E-state index in [0.29, 0.717) is 12.3 Å². The molecule has 1 aromatic heterocycles. The fourth-order valence-corrected chi connectivity index (χ4v) is 4.59. The van der Waals surface area contributed by atoms with Crippen LogP contribution in [0.1, 0.15) is 16.0 Å². The number of quaternary nitrogens is 1. The minimum atomic E-state index is 0.107. The molecule has 4 nitrogen and oxygen atoms in total. The Labute approximate surface area is 157 Å². The highest BCUT2D eigenvalue weighted by Crippen LogP contribution is 2.16. The molecule has 134 valence electrons. The van der Waals surface area contributed by atoms with Gasteiger partial charge in [-0.05, 0) is 17.0 Å². The molecule has 2 heterocycles. The molecule has 0 unspecified atom stereocenters. The highest BCUT2D eigenvalue weighted by Gasteiger charge is 2.16. The van der Waals surface area contributed by atoms with Crippen LogP contribution in [0.25, 0.3) is 0 Å². The lowest BCUT2D eigenvalue weighted by Gasteiger charge is -2.24. The largest absolute Gasteiger partial charge is 0.370 e. The van der Waals surface area contributed by atoms with E-state index < -0.39 is 0 Å². The van der Waals surface area contributed by atoms with Crippen LogP contribution in [0.5, 0.6) is 0 Å². The molecule has 0 spiro atoms. The van der Waals surface area contributed by atoms with Crippen molar-refractivity contribution in [3.63, 3.8) is 0 Å². The van der Waals surface area contributed by atoms with Crippen LogP contribution in [0.4, 0.5) is 0 Å². The van der Waals surface area contributed by atoms with E-state index in [2.05, 4.69) is 35.0 Å². The predicted molar refractivity (Wildman–Crippen MR) is 104 cm³/mol. The van der Waals surface area contributed by atoms with Crippen LogP contribution in [-0.4, -0.2) is 38.0 Å². The molecule has 1 aromatic carbocycles. The number of thiophene rings is 1. The molecule has 1 saturated heterocycles. The second kappa shape index (κ2) is 9.97. The normalized spacial score (nSPS) is 15.2. The van der Waals surface area contributed by atoms with E-state index in [1.807, 2.05) is 12.1 Å². The summed E-state index contributed by atoms with van der Waals surface area (Å²) in [5.41, 5.74) is 2.55. The van der Waals surface area contributed by atoms with Gasteiger partial charge < -0.3 is 15.0 Å². The molecule has 25 heavy (non-hydrogen) atoms. The van der Waals surface area contributed by atoms with Crippen molar-refractivity contribution in [3.8, 4) is 0 Å². The summed E-state index contributed by atoms with van der Waals surface area (Å²) in [6, 6.07) is 12.6. The molecular formula is C19H25N2O2S2+. The maximum Gasteiger partial charge on any atom is 0.230 e. The number of rotatable bonds is 8. The highest BCUT2D eigenvalue weighted by atomic mass is 32.2. The van der Waals surface area contributed by atoms with Gasteiger partial charge in [0.1, 0.15) is 19.6 Å². The molecule has 2 aromatic rings. The Balaban J connectivity index is 1.44. The number of hydrogen-bond acceptors (Lipinski definition) is 4. The van der Waals surface area contributed by atoms with Gasteiger partial charge in [-0.1, -0.05) is 30.3 Å². The number of benzene rings is 1. The van der Waals surface area contributed by atoms with Crippen LogP contribution < -0.4 is 10.2 Å². The zero-order valence-electron chi connectivity index (χ0n) is 14.3. The van der Waals surface area contributed by atoms with Crippen LogP contribution >= 0.6 is 23.1 Å². The molecule has 6 heteroatoms. The van der Waals surface area contributed by atoms with Crippen molar-refractivity contribution in [3.05, 3.63) is 57.8 Å². The van der Waals surface area contributed by atoms with Crippen molar-refractivity contribution in [1.29, 1.82) is 0 Å². The molecule has 0 saturated carbocycles. The summed E-state index contributed by atoms with van der Waals surface area (Å²) in [5, 5.41) is 5.14. The zero-order valence-corrected chi connectivity index (χ0v) is 16.0. The number of carbonyl (C=O) groups excluding carboxylic acids is 1. The fraction of sp³-hybridized carbons (Fsp3) is 0.421. The predicted octanol–water partition coefficient (Wildman–Crippen LogP) is 1.71. The number of carbonyl (C=O) groups is 1. The van der Waals surface area contributed by atoms with Gasteiger partial charge in [-0.3, -0.25) is 4.79 Å². The van der Waals surface area contributed by atoms with Crippen LogP contribution in [0, 0.1) is 0 Å².